The first kappa shape index (κ1) is 10.7. The van der Waals surface area contributed by atoms with Crippen LogP contribution in [0.4, 0.5) is 0 Å². The highest BCUT2D eigenvalue weighted by atomic mass is 32.1. The van der Waals surface area contributed by atoms with Crippen molar-refractivity contribution in [1.82, 2.24) is 19.8 Å². The van der Waals surface area contributed by atoms with Crippen molar-refractivity contribution >= 4 is 17.5 Å². The highest BCUT2D eigenvalue weighted by molar-refractivity contribution is 7.09. The molecule has 0 aromatic carbocycles. The molecule has 7 nitrogen and oxygen atoms in total. The normalized spacial score (nSPS) is 10.5. The molecule has 0 aliphatic rings. The molecule has 0 spiro atoms. The Bertz CT molecular complexity index is 467. The van der Waals surface area contributed by atoms with Gasteiger partial charge in [-0.15, -0.1) is 15.3 Å². The summed E-state index contributed by atoms with van der Waals surface area (Å²) in [5.41, 5.74) is 0. The number of hydrogen-bond donors (Lipinski definition) is 1. The third-order valence-corrected chi connectivity index (χ3v) is 2.47. The Morgan fingerprint density at radius 1 is 1.50 bits per heavy atom. The minimum atomic E-state index is -0.827. The first-order chi connectivity index (χ1) is 7.75. The Hall–Kier alpha value is -1.83. The lowest BCUT2D eigenvalue weighted by molar-refractivity contribution is -0.137. The van der Waals surface area contributed by atoms with Gasteiger partial charge in [-0.3, -0.25) is 4.79 Å². The van der Waals surface area contributed by atoms with Gasteiger partial charge in [0.05, 0.1) is 6.20 Å². The number of carbonyl (C=O) groups is 1. The summed E-state index contributed by atoms with van der Waals surface area (Å²) in [4.78, 5) is 11.0. The summed E-state index contributed by atoms with van der Waals surface area (Å²) in [5.74, 6) is -0.0172. The molecule has 0 aliphatic carbocycles. The lowest BCUT2D eigenvalue weighted by Gasteiger charge is -1.91. The molecule has 0 fully saturated rings. The second-order valence-electron chi connectivity index (χ2n) is 3.03. The van der Waals surface area contributed by atoms with Crippen LogP contribution in [0.15, 0.2) is 10.6 Å². The Morgan fingerprint density at radius 2 is 2.38 bits per heavy atom. The molecule has 0 saturated carbocycles. The summed E-state index contributed by atoms with van der Waals surface area (Å²) in [6, 6.07) is 0. The average molecular weight is 240 g/mol. The monoisotopic (exact) mass is 240 g/mol. The van der Waals surface area contributed by atoms with E-state index in [1.165, 1.54) is 11.5 Å². The van der Waals surface area contributed by atoms with Gasteiger partial charge >= 0.3 is 5.97 Å². The maximum Gasteiger partial charge on any atom is 0.303 e. The molecular weight excluding hydrogens is 232 g/mol. The third-order valence-electron chi connectivity index (χ3n) is 1.82. The van der Waals surface area contributed by atoms with E-state index in [0.29, 0.717) is 29.5 Å². The van der Waals surface area contributed by atoms with Crippen LogP contribution in [0, 0.1) is 0 Å². The van der Waals surface area contributed by atoms with E-state index in [2.05, 4.69) is 19.8 Å². The number of aromatic nitrogens is 4. The number of aliphatic carboxylic acids is 1. The van der Waals surface area contributed by atoms with Crippen LogP contribution in [0.2, 0.25) is 0 Å². The van der Waals surface area contributed by atoms with Crippen molar-refractivity contribution in [2.24, 2.45) is 0 Å². The fourth-order valence-electron chi connectivity index (χ4n) is 1.11. The topological polar surface area (TPSA) is 102 Å². The highest BCUT2D eigenvalue weighted by Gasteiger charge is 2.10. The van der Waals surface area contributed by atoms with Gasteiger partial charge in [0.15, 0.2) is 0 Å². The van der Waals surface area contributed by atoms with Crippen molar-refractivity contribution in [1.29, 1.82) is 0 Å². The second-order valence-corrected chi connectivity index (χ2v) is 3.82. The van der Waals surface area contributed by atoms with E-state index in [1.54, 1.807) is 6.20 Å². The number of nitrogens with zero attached hydrogens (tertiary/aromatic N) is 4. The van der Waals surface area contributed by atoms with Gasteiger partial charge in [-0.1, -0.05) is 4.49 Å². The lowest BCUT2D eigenvalue weighted by Crippen LogP contribution is -1.95. The Kier molecular flexibility index (Phi) is 3.20. The Labute approximate surface area is 94.3 Å². The SMILES string of the molecule is O=C(O)CCCc1nnc(-c2cnns2)o1. The summed E-state index contributed by atoms with van der Waals surface area (Å²) in [6.45, 7) is 0. The molecule has 1 N–H and O–H groups in total. The van der Waals surface area contributed by atoms with Crippen LogP contribution in [0.3, 0.4) is 0 Å². The van der Waals surface area contributed by atoms with Gasteiger partial charge in [-0.25, -0.2) is 0 Å². The fourth-order valence-corrected chi connectivity index (χ4v) is 1.54. The zero-order valence-corrected chi connectivity index (χ0v) is 8.98. The van der Waals surface area contributed by atoms with Gasteiger partial charge in [0, 0.05) is 12.8 Å². The van der Waals surface area contributed by atoms with Crippen molar-refractivity contribution in [3.05, 3.63) is 12.1 Å². The van der Waals surface area contributed by atoms with Gasteiger partial charge in [0.25, 0.3) is 5.89 Å². The first-order valence-corrected chi connectivity index (χ1v) is 5.35. The van der Waals surface area contributed by atoms with E-state index < -0.39 is 5.97 Å². The van der Waals surface area contributed by atoms with Crippen LogP contribution in [0.5, 0.6) is 0 Å². The molecule has 8 heteroatoms. The first-order valence-electron chi connectivity index (χ1n) is 4.57. The molecule has 2 rings (SSSR count). The molecule has 0 bridgehead atoms. The zero-order valence-electron chi connectivity index (χ0n) is 8.16. The van der Waals surface area contributed by atoms with Crippen LogP contribution >= 0.6 is 11.5 Å². The van der Waals surface area contributed by atoms with Crippen molar-refractivity contribution in [2.75, 3.05) is 0 Å². The van der Waals surface area contributed by atoms with Crippen LogP contribution < -0.4 is 0 Å². The molecule has 0 saturated heterocycles. The zero-order chi connectivity index (χ0) is 11.4. The molecule has 2 aromatic rings. The third kappa shape index (κ3) is 2.60. The van der Waals surface area contributed by atoms with E-state index in [0.717, 1.165) is 0 Å². The van der Waals surface area contributed by atoms with Crippen molar-refractivity contribution in [2.45, 2.75) is 19.3 Å². The molecule has 16 heavy (non-hydrogen) atoms. The number of carboxylic acids is 1. The fraction of sp³-hybridized carbons (Fsp3) is 0.375. The van der Waals surface area contributed by atoms with E-state index in [9.17, 15) is 4.79 Å². The smallest absolute Gasteiger partial charge is 0.303 e. The van der Waals surface area contributed by atoms with Gasteiger partial charge < -0.3 is 9.52 Å². The number of carboxylic acid groups (broad SMARTS) is 1. The van der Waals surface area contributed by atoms with Gasteiger partial charge in [0.2, 0.25) is 5.89 Å². The molecule has 0 aliphatic heterocycles. The Morgan fingerprint density at radius 3 is 3.06 bits per heavy atom. The highest BCUT2D eigenvalue weighted by Crippen LogP contribution is 2.20. The van der Waals surface area contributed by atoms with Gasteiger partial charge in [-0.2, -0.15) is 0 Å². The van der Waals surface area contributed by atoms with E-state index in [4.69, 9.17) is 9.52 Å². The maximum atomic E-state index is 10.3. The molecule has 2 aromatic heterocycles. The molecule has 0 radical (unpaired) electrons. The maximum absolute atomic E-state index is 10.3. The summed E-state index contributed by atoms with van der Waals surface area (Å²) in [7, 11) is 0. The van der Waals surface area contributed by atoms with Crippen LogP contribution in [-0.2, 0) is 11.2 Å². The number of hydrogen-bond acceptors (Lipinski definition) is 7. The molecular formula is C8H8N4O3S. The molecule has 2 heterocycles. The van der Waals surface area contributed by atoms with Crippen molar-refractivity contribution in [3.8, 4) is 10.8 Å². The molecule has 84 valence electrons. The van der Waals surface area contributed by atoms with Crippen molar-refractivity contribution in [3.63, 3.8) is 0 Å². The van der Waals surface area contributed by atoms with E-state index in [-0.39, 0.29) is 6.42 Å². The molecule has 0 amide bonds. The van der Waals surface area contributed by atoms with Gasteiger partial charge in [-0.05, 0) is 18.0 Å². The summed E-state index contributed by atoms with van der Waals surface area (Å²) < 4.78 is 9.00. The van der Waals surface area contributed by atoms with Crippen LogP contribution in [0.1, 0.15) is 18.7 Å². The van der Waals surface area contributed by atoms with Crippen LogP contribution in [-0.4, -0.2) is 30.9 Å². The average Bonchev–Trinajstić information content (AvgIpc) is 2.85. The van der Waals surface area contributed by atoms with Crippen molar-refractivity contribution < 1.29 is 14.3 Å². The summed E-state index contributed by atoms with van der Waals surface area (Å²) >= 11 is 1.17. The van der Waals surface area contributed by atoms with Crippen LogP contribution in [0.25, 0.3) is 10.8 Å². The standard InChI is InChI=1S/C8H8N4O3S/c13-7(14)3-1-2-6-10-11-8(15-6)5-4-9-12-16-5/h4H,1-3H2,(H,13,14). The summed E-state index contributed by atoms with van der Waals surface area (Å²) in [6.07, 6.45) is 2.59. The predicted octanol–water partition coefficient (Wildman–Crippen LogP) is 0.995. The minimum absolute atomic E-state index is 0.0971. The molecule has 0 atom stereocenters. The Balaban J connectivity index is 1.95. The second kappa shape index (κ2) is 4.79. The molecule has 0 unspecified atom stereocenters. The largest absolute Gasteiger partial charge is 0.481 e. The summed E-state index contributed by atoms with van der Waals surface area (Å²) in [5, 5.41) is 19.8. The van der Waals surface area contributed by atoms with E-state index >= 15 is 0 Å². The number of aryl methyl sites for hydroxylation is 1. The number of rotatable bonds is 5. The minimum Gasteiger partial charge on any atom is -0.481 e. The van der Waals surface area contributed by atoms with E-state index in [1.807, 2.05) is 0 Å². The predicted molar refractivity (Wildman–Crippen MR) is 53.8 cm³/mol. The quantitative estimate of drug-likeness (QED) is 0.831. The van der Waals surface area contributed by atoms with Gasteiger partial charge in [0.1, 0.15) is 4.88 Å². The lowest BCUT2D eigenvalue weighted by atomic mass is 10.2.